The Kier molecular flexibility index (Phi) is 7.29. The molecule has 0 unspecified atom stereocenters. The number of para-hydroxylation sites is 2. The molecule has 1 aliphatic rings. The van der Waals surface area contributed by atoms with Crippen molar-refractivity contribution in [1.29, 1.82) is 0 Å². The molecule has 2 aromatic rings. The van der Waals surface area contributed by atoms with Gasteiger partial charge in [-0.2, -0.15) is 13.2 Å². The lowest BCUT2D eigenvalue weighted by Gasteiger charge is -2.32. The van der Waals surface area contributed by atoms with Crippen molar-refractivity contribution in [3.8, 4) is 5.75 Å². The zero-order valence-corrected chi connectivity index (χ0v) is 18.2. The average molecular weight is 472 g/mol. The molecule has 3 rings (SSSR count). The van der Waals surface area contributed by atoms with Crippen LogP contribution in [0, 0.1) is 5.92 Å². The summed E-state index contributed by atoms with van der Waals surface area (Å²) in [6.07, 6.45) is -3.34. The van der Waals surface area contributed by atoms with Crippen molar-refractivity contribution in [1.82, 2.24) is 9.62 Å². The molecule has 2 amide bonds. The van der Waals surface area contributed by atoms with Gasteiger partial charge in [-0.1, -0.05) is 12.1 Å². The smallest absolute Gasteiger partial charge is 0.416 e. The lowest BCUT2D eigenvalue weighted by atomic mass is 9.97. The number of carbonyl (C=O) groups is 1. The number of hydrogen-bond acceptors (Lipinski definition) is 4. The predicted octanol–water partition coefficient (Wildman–Crippen LogP) is 3.94. The van der Waals surface area contributed by atoms with Crippen LogP contribution in [-0.4, -0.2) is 46.1 Å². The fourth-order valence-corrected chi connectivity index (χ4v) is 4.53. The standard InChI is InChI=1S/C21H24F3N3O4S/c1-31-19-5-3-2-4-18(19)26-20(28)27-12-10-15(11-13-27)14-25-32(29,30)17-8-6-16(7-9-17)21(22,23)24/h2-9,15,25H,10-14H2,1H3,(H,26,28). The van der Waals surface area contributed by atoms with Crippen molar-refractivity contribution in [2.75, 3.05) is 32.1 Å². The number of benzene rings is 2. The Morgan fingerprint density at radius 2 is 1.72 bits per heavy atom. The lowest BCUT2D eigenvalue weighted by molar-refractivity contribution is -0.137. The number of nitrogens with zero attached hydrogens (tertiary/aromatic N) is 1. The third kappa shape index (κ3) is 5.92. The maximum absolute atomic E-state index is 12.7. The summed E-state index contributed by atoms with van der Waals surface area (Å²) in [5.41, 5.74) is -0.346. The van der Waals surface area contributed by atoms with Gasteiger partial charge >= 0.3 is 12.2 Å². The summed E-state index contributed by atoms with van der Waals surface area (Å²) in [7, 11) is -2.41. The number of halogens is 3. The fraction of sp³-hybridized carbons (Fsp3) is 0.381. The molecule has 2 N–H and O–H groups in total. The molecule has 1 fully saturated rings. The number of hydrogen-bond donors (Lipinski definition) is 2. The summed E-state index contributed by atoms with van der Waals surface area (Å²) in [6.45, 7) is 1.05. The van der Waals surface area contributed by atoms with Crippen LogP contribution in [-0.2, 0) is 16.2 Å². The van der Waals surface area contributed by atoms with Gasteiger partial charge in [-0.3, -0.25) is 0 Å². The zero-order chi connectivity index (χ0) is 23.4. The van der Waals surface area contributed by atoms with Gasteiger partial charge in [0.15, 0.2) is 0 Å². The first-order chi connectivity index (χ1) is 15.1. The van der Waals surface area contributed by atoms with Crippen molar-refractivity contribution >= 4 is 21.7 Å². The summed E-state index contributed by atoms with van der Waals surface area (Å²) in [4.78, 5) is 13.9. The van der Waals surface area contributed by atoms with Crippen molar-refractivity contribution in [3.63, 3.8) is 0 Å². The molecule has 0 saturated carbocycles. The van der Waals surface area contributed by atoms with Gasteiger partial charge < -0.3 is 15.0 Å². The highest BCUT2D eigenvalue weighted by molar-refractivity contribution is 7.89. The summed E-state index contributed by atoms with van der Waals surface area (Å²) < 4.78 is 70.4. The summed E-state index contributed by atoms with van der Waals surface area (Å²) in [6, 6.07) is 10.2. The summed E-state index contributed by atoms with van der Waals surface area (Å²) in [5, 5.41) is 2.81. The van der Waals surface area contributed by atoms with Crippen LogP contribution < -0.4 is 14.8 Å². The first-order valence-electron chi connectivity index (χ1n) is 9.96. The molecule has 32 heavy (non-hydrogen) atoms. The number of sulfonamides is 1. The SMILES string of the molecule is COc1ccccc1NC(=O)N1CCC(CNS(=O)(=O)c2ccc(C(F)(F)F)cc2)CC1. The molecular formula is C21H24F3N3O4S. The van der Waals surface area contributed by atoms with E-state index in [4.69, 9.17) is 4.74 Å². The number of piperidine rings is 1. The van der Waals surface area contributed by atoms with Crippen LogP contribution in [0.3, 0.4) is 0 Å². The zero-order valence-electron chi connectivity index (χ0n) is 17.4. The molecule has 1 saturated heterocycles. The highest BCUT2D eigenvalue weighted by Crippen LogP contribution is 2.30. The Balaban J connectivity index is 1.50. The second kappa shape index (κ2) is 9.78. The van der Waals surface area contributed by atoms with E-state index in [0.717, 1.165) is 24.3 Å². The van der Waals surface area contributed by atoms with Gasteiger partial charge in [0, 0.05) is 19.6 Å². The van der Waals surface area contributed by atoms with Crippen LogP contribution >= 0.6 is 0 Å². The molecule has 0 bridgehead atoms. The third-order valence-electron chi connectivity index (χ3n) is 5.30. The molecule has 1 aliphatic heterocycles. The topological polar surface area (TPSA) is 87.7 Å². The second-order valence-corrected chi connectivity index (χ2v) is 9.20. The molecule has 7 nitrogen and oxygen atoms in total. The Morgan fingerprint density at radius 1 is 1.09 bits per heavy atom. The highest BCUT2D eigenvalue weighted by Gasteiger charge is 2.31. The van der Waals surface area contributed by atoms with Crippen LogP contribution in [0.15, 0.2) is 53.4 Å². The van der Waals surface area contributed by atoms with E-state index in [1.165, 1.54) is 7.11 Å². The summed E-state index contributed by atoms with van der Waals surface area (Å²) >= 11 is 0. The maximum Gasteiger partial charge on any atom is 0.416 e. The normalized spacial score (nSPS) is 15.4. The second-order valence-electron chi connectivity index (χ2n) is 7.43. The Morgan fingerprint density at radius 3 is 2.31 bits per heavy atom. The molecule has 0 spiro atoms. The average Bonchev–Trinajstić information content (AvgIpc) is 2.78. The first kappa shape index (κ1) is 23.9. The van der Waals surface area contributed by atoms with Gasteiger partial charge in [0.05, 0.1) is 23.3 Å². The number of likely N-dealkylation sites (tertiary alicyclic amines) is 1. The minimum Gasteiger partial charge on any atom is -0.495 e. The molecule has 0 atom stereocenters. The maximum atomic E-state index is 12.7. The largest absolute Gasteiger partial charge is 0.495 e. The molecule has 1 heterocycles. The quantitative estimate of drug-likeness (QED) is 0.668. The Hall–Kier alpha value is -2.79. The monoisotopic (exact) mass is 471 g/mol. The number of methoxy groups -OCH3 is 1. The number of nitrogens with one attached hydrogen (secondary N) is 2. The number of rotatable bonds is 6. The van der Waals surface area contributed by atoms with Crippen LogP contribution in [0.1, 0.15) is 18.4 Å². The van der Waals surface area contributed by atoms with E-state index in [2.05, 4.69) is 10.0 Å². The molecule has 11 heteroatoms. The van der Waals surface area contributed by atoms with E-state index in [1.54, 1.807) is 29.2 Å². The molecule has 0 aliphatic carbocycles. The third-order valence-corrected chi connectivity index (χ3v) is 6.74. The number of anilines is 1. The number of amides is 2. The number of ether oxygens (including phenoxy) is 1. The van der Waals surface area contributed by atoms with Gasteiger partial charge in [-0.25, -0.2) is 17.9 Å². The van der Waals surface area contributed by atoms with Crippen LogP contribution in [0.2, 0.25) is 0 Å². The van der Waals surface area contributed by atoms with Crippen LogP contribution in [0.25, 0.3) is 0 Å². The fourth-order valence-electron chi connectivity index (χ4n) is 3.42. The van der Waals surface area contributed by atoms with Crippen LogP contribution in [0.5, 0.6) is 5.75 Å². The molecule has 0 radical (unpaired) electrons. The Bertz CT molecular complexity index is 1040. The lowest BCUT2D eigenvalue weighted by Crippen LogP contribution is -2.43. The minimum atomic E-state index is -4.53. The first-order valence-corrected chi connectivity index (χ1v) is 11.4. The predicted molar refractivity (Wildman–Crippen MR) is 113 cm³/mol. The van der Waals surface area contributed by atoms with E-state index in [-0.39, 0.29) is 23.4 Å². The molecule has 174 valence electrons. The molecular weight excluding hydrogens is 447 g/mol. The number of urea groups is 1. The van der Waals surface area contributed by atoms with E-state index in [9.17, 15) is 26.4 Å². The number of alkyl halides is 3. The minimum absolute atomic E-state index is 0.00883. The molecule has 0 aromatic heterocycles. The van der Waals surface area contributed by atoms with Gasteiger partial charge in [-0.15, -0.1) is 0 Å². The van der Waals surface area contributed by atoms with E-state index in [0.29, 0.717) is 37.4 Å². The van der Waals surface area contributed by atoms with Gasteiger partial charge in [0.25, 0.3) is 0 Å². The van der Waals surface area contributed by atoms with Gasteiger partial charge in [-0.05, 0) is 55.2 Å². The van der Waals surface area contributed by atoms with E-state index in [1.807, 2.05) is 0 Å². The van der Waals surface area contributed by atoms with Crippen molar-refractivity contribution in [2.24, 2.45) is 5.92 Å². The van der Waals surface area contributed by atoms with E-state index < -0.39 is 21.8 Å². The van der Waals surface area contributed by atoms with Crippen molar-refractivity contribution < 1.29 is 31.1 Å². The van der Waals surface area contributed by atoms with Crippen molar-refractivity contribution in [3.05, 3.63) is 54.1 Å². The summed E-state index contributed by atoms with van der Waals surface area (Å²) in [5.74, 6) is 0.558. The van der Waals surface area contributed by atoms with Gasteiger partial charge in [0.1, 0.15) is 5.75 Å². The molecule has 2 aromatic carbocycles. The van der Waals surface area contributed by atoms with Crippen LogP contribution in [0.4, 0.5) is 23.7 Å². The van der Waals surface area contributed by atoms with E-state index >= 15 is 0 Å². The highest BCUT2D eigenvalue weighted by atomic mass is 32.2. The Labute approximate surface area is 184 Å². The van der Waals surface area contributed by atoms with Crippen molar-refractivity contribution in [2.45, 2.75) is 23.9 Å². The number of carbonyl (C=O) groups excluding carboxylic acids is 1. The van der Waals surface area contributed by atoms with Gasteiger partial charge in [0.2, 0.25) is 10.0 Å².